The van der Waals surface area contributed by atoms with Crippen molar-refractivity contribution in [2.24, 2.45) is 4.99 Å². The summed E-state index contributed by atoms with van der Waals surface area (Å²) in [6.45, 7) is 12.3. The third-order valence-corrected chi connectivity index (χ3v) is 9.80. The summed E-state index contributed by atoms with van der Waals surface area (Å²) in [5.41, 5.74) is 7.32. The van der Waals surface area contributed by atoms with E-state index in [1.165, 1.54) is 6.07 Å². The fourth-order valence-electron chi connectivity index (χ4n) is 6.83. The second kappa shape index (κ2) is 18.0. The van der Waals surface area contributed by atoms with Gasteiger partial charge in [-0.1, -0.05) is 37.3 Å². The molecule has 0 bridgehead atoms. The number of amides is 2. The molecule has 1 aliphatic rings. The van der Waals surface area contributed by atoms with Crippen molar-refractivity contribution in [3.63, 3.8) is 0 Å². The van der Waals surface area contributed by atoms with Crippen molar-refractivity contribution in [2.75, 3.05) is 38.7 Å². The van der Waals surface area contributed by atoms with E-state index in [1.54, 1.807) is 36.4 Å². The fraction of sp³-hybridized carbons (Fsp3) is 0.357. The van der Waals surface area contributed by atoms with E-state index in [2.05, 4.69) is 44.6 Å². The number of hydrogen-bond donors (Lipinski definition) is 3. The van der Waals surface area contributed by atoms with Gasteiger partial charge in [0, 0.05) is 79.9 Å². The van der Waals surface area contributed by atoms with E-state index in [0.29, 0.717) is 56.0 Å². The molecule has 11 nitrogen and oxygen atoms in total. The predicted molar refractivity (Wildman–Crippen MR) is 211 cm³/mol. The summed E-state index contributed by atoms with van der Waals surface area (Å²) in [7, 11) is 2.01. The van der Waals surface area contributed by atoms with Crippen molar-refractivity contribution in [2.45, 2.75) is 65.3 Å². The Morgan fingerprint density at radius 3 is 2.44 bits per heavy atom. The molecule has 1 fully saturated rings. The van der Waals surface area contributed by atoms with Crippen molar-refractivity contribution >= 4 is 35.3 Å². The number of hydrogen-bond acceptors (Lipinski definition) is 8. The minimum Gasteiger partial charge on any atom is -0.381 e. The number of benzene rings is 3. The summed E-state index contributed by atoms with van der Waals surface area (Å²) in [5, 5.41) is 15.3. The van der Waals surface area contributed by atoms with Gasteiger partial charge in [-0.15, -0.1) is 0 Å². The highest BCUT2D eigenvalue weighted by Crippen LogP contribution is 2.31. The first-order chi connectivity index (χ1) is 26.3. The van der Waals surface area contributed by atoms with E-state index in [9.17, 15) is 9.59 Å². The molecule has 0 aliphatic carbocycles. The largest absolute Gasteiger partial charge is 0.381 e. The van der Waals surface area contributed by atoms with Crippen LogP contribution in [0.15, 0.2) is 77.9 Å². The molecule has 0 radical (unpaired) electrons. The Hall–Kier alpha value is -5.46. The lowest BCUT2D eigenvalue weighted by Gasteiger charge is -2.26. The first-order valence-corrected chi connectivity index (χ1v) is 18.6. The zero-order valence-electron chi connectivity index (χ0n) is 31.3. The number of ether oxygens (including phenoxy) is 1. The van der Waals surface area contributed by atoms with Crippen LogP contribution in [0.25, 0.3) is 22.2 Å². The second-order valence-corrected chi connectivity index (χ2v) is 13.6. The van der Waals surface area contributed by atoms with Gasteiger partial charge < -0.3 is 25.6 Å². The number of likely N-dealkylation sites (N-methyl/N-ethyl adjacent to an activating group) is 1. The number of pyridine rings is 1. The molecular formula is C42H49FN8O3. The third-order valence-electron chi connectivity index (χ3n) is 9.80. The van der Waals surface area contributed by atoms with Crippen molar-refractivity contribution in [3.8, 4) is 11.1 Å². The molecule has 0 unspecified atom stereocenters. The predicted octanol–water partition coefficient (Wildman–Crippen LogP) is 6.40. The summed E-state index contributed by atoms with van der Waals surface area (Å²) < 4.78 is 22.5. The standard InChI is InChI=1S/C42H49FN8O3/c1-5-38-35(39(48-33-15-19-54-20-16-33)36-26-47-51(6-2)40(36)49-38)25-46-42(53)32-12-8-11-31(23-32)41(52)45-24-28-13-14-37(43)34(22-28)30-10-7-9-29(21-30)27-50(4)18-17-44-3/h7-14,21-23,26,33H,3,5-6,15-20,24-25,27H2,1-2,4H3,(H,45,52)(H,46,53)(H,48,49). The van der Waals surface area contributed by atoms with Gasteiger partial charge in [0.15, 0.2) is 5.65 Å². The highest BCUT2D eigenvalue weighted by atomic mass is 19.1. The van der Waals surface area contributed by atoms with Crippen LogP contribution in [0.1, 0.15) is 69.8 Å². The summed E-state index contributed by atoms with van der Waals surface area (Å²) in [6, 6.07) is 19.5. The van der Waals surface area contributed by atoms with Crippen LogP contribution in [-0.4, -0.2) is 77.6 Å². The Bertz CT molecular complexity index is 2110. The molecule has 6 rings (SSSR count). The monoisotopic (exact) mass is 732 g/mol. The Kier molecular flexibility index (Phi) is 12.8. The highest BCUT2D eigenvalue weighted by molar-refractivity contribution is 6.00. The van der Waals surface area contributed by atoms with Crippen molar-refractivity contribution in [1.82, 2.24) is 30.3 Å². The Morgan fingerprint density at radius 1 is 0.981 bits per heavy atom. The molecule has 0 spiro atoms. The summed E-state index contributed by atoms with van der Waals surface area (Å²) in [4.78, 5) is 37.9. The number of carbonyl (C=O) groups is 2. The highest BCUT2D eigenvalue weighted by Gasteiger charge is 2.22. The fourth-order valence-corrected chi connectivity index (χ4v) is 6.83. The average Bonchev–Trinajstić information content (AvgIpc) is 3.62. The number of aliphatic imine (C=N–C) groups is 1. The van der Waals surface area contributed by atoms with Gasteiger partial charge in [-0.3, -0.25) is 14.6 Å². The van der Waals surface area contributed by atoms with Gasteiger partial charge in [0.1, 0.15) is 5.82 Å². The van der Waals surface area contributed by atoms with Gasteiger partial charge in [0.2, 0.25) is 0 Å². The van der Waals surface area contributed by atoms with E-state index in [1.807, 2.05) is 49.1 Å². The number of nitrogens with zero attached hydrogens (tertiary/aromatic N) is 5. The van der Waals surface area contributed by atoms with Gasteiger partial charge in [-0.2, -0.15) is 5.10 Å². The van der Waals surface area contributed by atoms with E-state index in [-0.39, 0.29) is 36.8 Å². The van der Waals surface area contributed by atoms with Crippen LogP contribution in [0, 0.1) is 5.82 Å². The maximum Gasteiger partial charge on any atom is 0.251 e. The molecule has 3 aromatic carbocycles. The number of anilines is 1. The molecule has 2 aromatic heterocycles. The molecule has 3 heterocycles. The van der Waals surface area contributed by atoms with Crippen LogP contribution in [0.4, 0.5) is 10.1 Å². The zero-order valence-corrected chi connectivity index (χ0v) is 31.3. The van der Waals surface area contributed by atoms with E-state index in [4.69, 9.17) is 9.72 Å². The third kappa shape index (κ3) is 9.18. The molecule has 5 aromatic rings. The molecule has 0 atom stereocenters. The van der Waals surface area contributed by atoms with Crippen LogP contribution in [0.3, 0.4) is 0 Å². The maximum absolute atomic E-state index is 15.1. The summed E-state index contributed by atoms with van der Waals surface area (Å²) in [6.07, 6.45) is 4.30. The Balaban J connectivity index is 1.13. The lowest BCUT2D eigenvalue weighted by molar-refractivity contribution is 0.0904. The minimum atomic E-state index is -0.339. The van der Waals surface area contributed by atoms with E-state index in [0.717, 1.165) is 64.1 Å². The van der Waals surface area contributed by atoms with Gasteiger partial charge in [0.25, 0.3) is 11.8 Å². The van der Waals surface area contributed by atoms with Crippen LogP contribution >= 0.6 is 0 Å². The van der Waals surface area contributed by atoms with Crippen LogP contribution < -0.4 is 16.0 Å². The van der Waals surface area contributed by atoms with Crippen LogP contribution in [0.2, 0.25) is 0 Å². The number of fused-ring (bicyclic) bond motifs is 1. The smallest absolute Gasteiger partial charge is 0.251 e. The number of rotatable bonds is 16. The number of carbonyl (C=O) groups excluding carboxylic acids is 2. The number of aryl methyl sites for hydroxylation is 2. The maximum atomic E-state index is 15.1. The minimum absolute atomic E-state index is 0.187. The first kappa shape index (κ1) is 38.3. The van der Waals surface area contributed by atoms with Gasteiger partial charge >= 0.3 is 0 Å². The average molecular weight is 733 g/mol. The quantitative estimate of drug-likeness (QED) is 0.100. The topological polar surface area (TPSA) is 126 Å². The zero-order chi connectivity index (χ0) is 38.0. The molecule has 0 saturated carbocycles. The summed E-state index contributed by atoms with van der Waals surface area (Å²) >= 11 is 0. The molecule has 1 aliphatic heterocycles. The second-order valence-electron chi connectivity index (χ2n) is 13.6. The SMILES string of the molecule is C=NCCN(C)Cc1cccc(-c2cc(CNC(=O)c3cccc(C(=O)NCc4c(CC)nc5c(cnn5CC)c4NC4CCOCC4)c3)ccc2F)c1. The molecule has 2 amide bonds. The van der Waals surface area contributed by atoms with Crippen molar-refractivity contribution < 1.29 is 18.7 Å². The lowest BCUT2D eigenvalue weighted by atomic mass is 10.00. The van der Waals surface area contributed by atoms with Crippen molar-refractivity contribution in [3.05, 3.63) is 112 Å². The first-order valence-electron chi connectivity index (χ1n) is 18.6. The molecule has 282 valence electrons. The molecule has 3 N–H and O–H groups in total. The van der Waals surface area contributed by atoms with Gasteiger partial charge in [0.05, 0.1) is 23.8 Å². The Labute approximate surface area is 316 Å². The summed E-state index contributed by atoms with van der Waals surface area (Å²) in [5.74, 6) is -0.982. The van der Waals surface area contributed by atoms with E-state index < -0.39 is 0 Å². The molecular weight excluding hydrogens is 684 g/mol. The van der Waals surface area contributed by atoms with Crippen LogP contribution in [0.5, 0.6) is 0 Å². The van der Waals surface area contributed by atoms with Crippen LogP contribution in [-0.2, 0) is 37.3 Å². The number of aromatic nitrogens is 3. The van der Waals surface area contributed by atoms with E-state index >= 15 is 4.39 Å². The van der Waals surface area contributed by atoms with Gasteiger partial charge in [-0.05, 0) is 93.0 Å². The number of halogens is 1. The van der Waals surface area contributed by atoms with Crippen molar-refractivity contribution in [1.29, 1.82) is 0 Å². The normalized spacial score (nSPS) is 13.3. The Morgan fingerprint density at radius 2 is 1.72 bits per heavy atom. The molecule has 12 heteroatoms. The molecule has 1 saturated heterocycles. The number of nitrogens with one attached hydrogen (secondary N) is 3. The van der Waals surface area contributed by atoms with Gasteiger partial charge in [-0.25, -0.2) is 14.1 Å². The molecule has 54 heavy (non-hydrogen) atoms. The lowest BCUT2D eigenvalue weighted by Crippen LogP contribution is -2.30.